The van der Waals surface area contributed by atoms with Gasteiger partial charge < -0.3 is 39.7 Å². The van der Waals surface area contributed by atoms with E-state index in [0.29, 0.717) is 13.0 Å². The lowest BCUT2D eigenvalue weighted by Gasteiger charge is -2.30. The van der Waals surface area contributed by atoms with Gasteiger partial charge in [0, 0.05) is 65.7 Å². The summed E-state index contributed by atoms with van der Waals surface area (Å²) in [5.41, 5.74) is 0. The lowest BCUT2D eigenvalue weighted by molar-refractivity contribution is -0.160. The molecule has 18 heteroatoms. The predicted octanol–water partition coefficient (Wildman–Crippen LogP) is 19.7. The van der Waals surface area contributed by atoms with Gasteiger partial charge in [0.2, 0.25) is 5.91 Å². The summed E-state index contributed by atoms with van der Waals surface area (Å²) in [7, 11) is 3.45. The molecule has 0 aliphatic carbocycles. The quantitative estimate of drug-likeness (QED) is 0.0327. The Morgan fingerprint density at radius 1 is 0.277 bits per heavy atom. The van der Waals surface area contributed by atoms with Gasteiger partial charge in [-0.2, -0.15) is 0 Å². The third-order valence-corrected chi connectivity index (χ3v) is 20.2. The van der Waals surface area contributed by atoms with Crippen LogP contribution in [-0.2, 0) is 43.0 Å². The first-order valence-electron chi connectivity index (χ1n) is 42.4. The highest BCUT2D eigenvalue weighted by Gasteiger charge is 2.23. The van der Waals surface area contributed by atoms with Crippen LogP contribution in [0.15, 0.2) is 0 Å². The number of ether oxygens (including phenoxy) is 2. The number of carboxylic acid groups (broad SMARTS) is 4. The van der Waals surface area contributed by atoms with Crippen LogP contribution in [0.2, 0.25) is 0 Å². The van der Waals surface area contributed by atoms with Crippen molar-refractivity contribution in [3.8, 4) is 0 Å². The first-order valence-corrected chi connectivity index (χ1v) is 42.4. The summed E-state index contributed by atoms with van der Waals surface area (Å²) in [5.74, 6) is -5.91. The third-order valence-electron chi connectivity index (χ3n) is 20.2. The molecule has 1 atom stereocenters. The Labute approximate surface area is 618 Å². The number of hydrogen-bond acceptors (Lipinski definition) is 13. The molecule has 0 saturated carbocycles. The second-order valence-electron chi connectivity index (χ2n) is 30.2. The van der Waals surface area contributed by atoms with Crippen LogP contribution in [0.3, 0.4) is 0 Å². The van der Waals surface area contributed by atoms with Crippen LogP contribution < -0.4 is 0 Å². The van der Waals surface area contributed by atoms with Crippen LogP contribution in [0, 0.1) is 0 Å². The highest BCUT2D eigenvalue weighted by atomic mass is 16.6. The van der Waals surface area contributed by atoms with Crippen molar-refractivity contribution in [2.75, 3.05) is 99.2 Å². The molecule has 0 spiro atoms. The molecule has 0 rings (SSSR count). The second-order valence-corrected chi connectivity index (χ2v) is 30.2. The van der Waals surface area contributed by atoms with Crippen LogP contribution >= 0.6 is 0 Å². The van der Waals surface area contributed by atoms with Gasteiger partial charge in [0.25, 0.3) is 0 Å². The van der Waals surface area contributed by atoms with Gasteiger partial charge in [0.1, 0.15) is 12.7 Å². The minimum absolute atomic E-state index is 0.0409. The van der Waals surface area contributed by atoms with Crippen LogP contribution in [-0.4, -0.2) is 192 Å². The SMILES string of the molecule is CCCCCCCCCCCCCCCCCCCCCCCCCCCCCCC(=O)OCC(CN(C)CCN(C)C(=O)CN(CCN(CC(=O)O)CC(=O)O)CCN(CC(=O)O)CC(=O)O)OC(=O)CCCCCCCCCCCCCCCCCCCCCCCCCCCCCC. The molecule has 0 aromatic carbocycles. The zero-order chi connectivity index (χ0) is 74.1. The Bertz CT molecular complexity index is 1860. The predicted molar refractivity (Wildman–Crippen MR) is 415 cm³/mol. The number of carbonyl (C=O) groups is 7. The molecule has 1 unspecified atom stereocenters. The van der Waals surface area contributed by atoms with E-state index in [1.165, 1.54) is 329 Å². The number of hydrogen-bond donors (Lipinski definition) is 4. The summed E-state index contributed by atoms with van der Waals surface area (Å²) in [5, 5.41) is 37.6. The molecule has 0 saturated heterocycles. The zero-order valence-electron chi connectivity index (χ0n) is 66.0. The van der Waals surface area contributed by atoms with Crippen LogP contribution in [0.5, 0.6) is 0 Å². The molecule has 0 bridgehead atoms. The number of aliphatic carboxylic acids is 4. The number of carbonyl (C=O) groups excluding carboxylic acids is 3. The fourth-order valence-corrected chi connectivity index (χ4v) is 13.7. The van der Waals surface area contributed by atoms with Gasteiger partial charge in [-0.15, -0.1) is 0 Å². The number of amides is 1. The average Bonchev–Trinajstić information content (AvgIpc) is 1.01. The van der Waals surface area contributed by atoms with Crippen LogP contribution in [0.4, 0.5) is 0 Å². The second kappa shape index (κ2) is 74.4. The molecule has 0 aromatic rings. The van der Waals surface area contributed by atoms with Crippen LogP contribution in [0.25, 0.3) is 0 Å². The Kier molecular flexibility index (Phi) is 71.6. The first kappa shape index (κ1) is 97.1. The van der Waals surface area contributed by atoms with Crippen molar-refractivity contribution in [3.63, 3.8) is 0 Å². The molecular weight excluding hydrogens is 1270 g/mol. The van der Waals surface area contributed by atoms with Gasteiger partial charge in [-0.3, -0.25) is 48.3 Å². The molecule has 4 N–H and O–H groups in total. The van der Waals surface area contributed by atoms with E-state index >= 15 is 0 Å². The van der Waals surface area contributed by atoms with E-state index in [2.05, 4.69) is 13.8 Å². The highest BCUT2D eigenvalue weighted by molar-refractivity contribution is 5.78. The normalized spacial score (nSPS) is 12.0. The Morgan fingerprint density at radius 2 is 0.505 bits per heavy atom. The van der Waals surface area contributed by atoms with Gasteiger partial charge in [-0.1, -0.05) is 361 Å². The van der Waals surface area contributed by atoms with Gasteiger partial charge >= 0.3 is 35.8 Å². The van der Waals surface area contributed by atoms with Gasteiger partial charge in [-0.05, 0) is 19.9 Å². The van der Waals surface area contributed by atoms with E-state index in [1.807, 2.05) is 11.9 Å². The number of carboxylic acids is 4. The van der Waals surface area contributed by atoms with E-state index in [0.717, 1.165) is 44.9 Å². The topological polar surface area (TPSA) is 235 Å². The van der Waals surface area contributed by atoms with Crippen molar-refractivity contribution in [2.24, 2.45) is 0 Å². The van der Waals surface area contributed by atoms with Crippen molar-refractivity contribution in [1.82, 2.24) is 24.5 Å². The summed E-state index contributed by atoms with van der Waals surface area (Å²) in [6.45, 7) is 2.93. The van der Waals surface area contributed by atoms with Crippen molar-refractivity contribution >= 4 is 41.7 Å². The third kappa shape index (κ3) is 72.8. The average molecular weight is 1440 g/mol. The Balaban J connectivity index is 4.88. The molecule has 1 amide bonds. The standard InChI is InChI=1S/C83H159N5O13/c1-5-7-9-11-13-15-17-19-21-23-25-27-29-31-33-35-37-39-41-43-45-47-49-51-53-55-57-59-61-82(98)100-75-76(69-84(3)63-64-85(4)77(89)70-86(65-67-87(71-78(90)91)72-79(92)93)66-68-88(73-80(94)95)74-81(96)97)101-83(99)62-60-58-56-54-52-50-48-46-44-42-40-38-36-34-32-30-28-26-24-22-20-18-16-14-12-10-8-6-2/h76H,5-75H2,1-4H3,(H,90,91)(H,92,93)(H,94,95)(H,96,97). The lowest BCUT2D eigenvalue weighted by Crippen LogP contribution is -2.48. The van der Waals surface area contributed by atoms with E-state index in [4.69, 9.17) is 9.47 Å². The first-order chi connectivity index (χ1) is 49.1. The molecule has 0 fully saturated rings. The molecule has 18 nitrogen and oxygen atoms in total. The molecule has 0 radical (unpaired) electrons. The summed E-state index contributed by atoms with van der Waals surface area (Å²) < 4.78 is 11.7. The molecule has 101 heavy (non-hydrogen) atoms. The van der Waals surface area contributed by atoms with E-state index in [-0.39, 0.29) is 76.7 Å². The zero-order valence-corrected chi connectivity index (χ0v) is 66.0. The molecule has 594 valence electrons. The van der Waals surface area contributed by atoms with Gasteiger partial charge in [0.15, 0.2) is 0 Å². The number of rotatable bonds is 82. The van der Waals surface area contributed by atoms with E-state index < -0.39 is 56.2 Å². The van der Waals surface area contributed by atoms with Gasteiger partial charge in [-0.25, -0.2) is 0 Å². The minimum Gasteiger partial charge on any atom is -0.480 e. The molecule has 0 aliphatic heterocycles. The van der Waals surface area contributed by atoms with Gasteiger partial charge in [0.05, 0.1) is 32.7 Å². The maximum absolute atomic E-state index is 13.7. The van der Waals surface area contributed by atoms with E-state index in [9.17, 15) is 54.0 Å². The number of unbranched alkanes of at least 4 members (excludes halogenated alkanes) is 54. The number of esters is 2. The molecule has 0 heterocycles. The lowest BCUT2D eigenvalue weighted by atomic mass is 10.0. The van der Waals surface area contributed by atoms with Crippen molar-refractivity contribution < 1.29 is 63.5 Å². The molecule has 0 aromatic heterocycles. The highest BCUT2D eigenvalue weighted by Crippen LogP contribution is 2.20. The van der Waals surface area contributed by atoms with Crippen LogP contribution in [0.1, 0.15) is 386 Å². The largest absolute Gasteiger partial charge is 0.480 e. The summed E-state index contributed by atoms with van der Waals surface area (Å²) in [6, 6.07) is 0. The van der Waals surface area contributed by atoms with Crippen molar-refractivity contribution in [1.29, 1.82) is 0 Å². The Hall–Kier alpha value is -3.87. The monoisotopic (exact) mass is 1430 g/mol. The fourth-order valence-electron chi connectivity index (χ4n) is 13.7. The van der Waals surface area contributed by atoms with Crippen molar-refractivity contribution in [2.45, 2.75) is 392 Å². The minimum atomic E-state index is -1.23. The summed E-state index contributed by atoms with van der Waals surface area (Å²) in [6.07, 6.45) is 74.2. The fraction of sp³-hybridized carbons (Fsp3) is 0.916. The summed E-state index contributed by atoms with van der Waals surface area (Å²) >= 11 is 0. The maximum Gasteiger partial charge on any atom is 0.317 e. The Morgan fingerprint density at radius 3 is 0.752 bits per heavy atom. The molecular formula is C83H159N5O13. The number of nitrogens with zero attached hydrogens (tertiary/aromatic N) is 5. The number of likely N-dealkylation sites (N-methyl/N-ethyl adjacent to an activating group) is 2. The maximum atomic E-state index is 13.7. The summed E-state index contributed by atoms with van der Waals surface area (Å²) in [4.78, 5) is 93.6. The molecule has 0 aliphatic rings. The smallest absolute Gasteiger partial charge is 0.317 e. The van der Waals surface area contributed by atoms with Crippen molar-refractivity contribution in [3.05, 3.63) is 0 Å². The van der Waals surface area contributed by atoms with E-state index in [1.54, 1.807) is 11.9 Å².